The Balaban J connectivity index is 1.55. The summed E-state index contributed by atoms with van der Waals surface area (Å²) in [7, 11) is 0. The van der Waals surface area contributed by atoms with Crippen LogP contribution >= 0.6 is 11.3 Å². The number of aromatic nitrogens is 3. The Morgan fingerprint density at radius 2 is 2.44 bits per heavy atom. The van der Waals surface area contributed by atoms with Crippen molar-refractivity contribution in [1.29, 1.82) is 0 Å². The van der Waals surface area contributed by atoms with E-state index in [2.05, 4.69) is 15.4 Å². The molecule has 3 rings (SSSR count). The summed E-state index contributed by atoms with van der Waals surface area (Å²) in [5, 5.41) is 8.94. The number of hydrogen-bond acceptors (Lipinski definition) is 4. The van der Waals surface area contributed by atoms with E-state index in [-0.39, 0.29) is 11.3 Å². The van der Waals surface area contributed by atoms with Crippen molar-refractivity contribution in [2.24, 2.45) is 5.41 Å². The lowest BCUT2D eigenvalue weighted by Crippen LogP contribution is -2.32. The van der Waals surface area contributed by atoms with Gasteiger partial charge in [-0.3, -0.25) is 9.48 Å². The van der Waals surface area contributed by atoms with Crippen molar-refractivity contribution >= 4 is 17.2 Å². The van der Waals surface area contributed by atoms with Crippen LogP contribution in [0.25, 0.3) is 0 Å². The first kappa shape index (κ1) is 11.4. The van der Waals surface area contributed by atoms with Gasteiger partial charge >= 0.3 is 0 Å². The third kappa shape index (κ3) is 2.43. The van der Waals surface area contributed by atoms with Gasteiger partial charge in [0.05, 0.1) is 5.51 Å². The van der Waals surface area contributed by atoms with Crippen molar-refractivity contribution < 1.29 is 4.79 Å². The Bertz CT molecular complexity index is 516. The highest BCUT2D eigenvalue weighted by Crippen LogP contribution is 2.46. The Morgan fingerprint density at radius 3 is 3.06 bits per heavy atom. The van der Waals surface area contributed by atoms with Crippen molar-refractivity contribution in [3.8, 4) is 0 Å². The fraction of sp³-hybridized carbons (Fsp3) is 0.417. The van der Waals surface area contributed by atoms with E-state index in [1.54, 1.807) is 17.1 Å². The molecule has 0 saturated heterocycles. The topological polar surface area (TPSA) is 59.8 Å². The molecule has 1 N–H and O–H groups in total. The molecule has 2 heterocycles. The zero-order valence-corrected chi connectivity index (χ0v) is 10.7. The summed E-state index contributed by atoms with van der Waals surface area (Å²) in [6, 6.07) is 1.92. The van der Waals surface area contributed by atoms with Crippen molar-refractivity contribution in [3.63, 3.8) is 0 Å². The van der Waals surface area contributed by atoms with Crippen LogP contribution in [0.1, 0.15) is 23.3 Å². The number of carbonyl (C=O) groups excluding carboxylic acids is 1. The van der Waals surface area contributed by atoms with Crippen LogP contribution < -0.4 is 5.32 Å². The lowest BCUT2D eigenvalue weighted by atomic mass is 10.1. The van der Waals surface area contributed by atoms with E-state index in [0.29, 0.717) is 12.2 Å². The number of hydrogen-bond donors (Lipinski definition) is 1. The quantitative estimate of drug-likeness (QED) is 0.889. The van der Waals surface area contributed by atoms with Gasteiger partial charge in [-0.15, -0.1) is 11.3 Å². The van der Waals surface area contributed by atoms with Gasteiger partial charge in [-0.1, -0.05) is 0 Å². The molecule has 1 amide bonds. The van der Waals surface area contributed by atoms with Crippen LogP contribution in [-0.2, 0) is 6.54 Å². The second-order valence-corrected chi connectivity index (χ2v) is 5.48. The lowest BCUT2D eigenvalue weighted by molar-refractivity contribution is 0.0938. The minimum absolute atomic E-state index is 0.0806. The average molecular weight is 262 g/mol. The van der Waals surface area contributed by atoms with E-state index >= 15 is 0 Å². The summed E-state index contributed by atoms with van der Waals surface area (Å²) in [4.78, 5) is 15.8. The first-order valence-corrected chi connectivity index (χ1v) is 6.86. The summed E-state index contributed by atoms with van der Waals surface area (Å²) in [6.07, 6.45) is 6.03. The summed E-state index contributed by atoms with van der Waals surface area (Å²) in [5.74, 6) is -0.0806. The molecule has 0 bridgehead atoms. The van der Waals surface area contributed by atoms with E-state index in [1.165, 1.54) is 11.3 Å². The van der Waals surface area contributed by atoms with Gasteiger partial charge < -0.3 is 5.32 Å². The van der Waals surface area contributed by atoms with Gasteiger partial charge in [0.2, 0.25) is 0 Å². The molecule has 0 unspecified atom stereocenters. The molecule has 1 aliphatic rings. The number of nitrogens with one attached hydrogen (secondary N) is 1. The molecule has 0 atom stereocenters. The predicted octanol–water partition coefficient (Wildman–Crippen LogP) is 1.55. The summed E-state index contributed by atoms with van der Waals surface area (Å²) in [5.41, 5.74) is 2.37. The molecule has 5 nitrogen and oxygen atoms in total. The minimum Gasteiger partial charge on any atom is -0.350 e. The Hall–Kier alpha value is -1.69. The number of amides is 1. The first-order valence-electron chi connectivity index (χ1n) is 5.91. The second kappa shape index (κ2) is 4.53. The molecule has 0 radical (unpaired) electrons. The predicted molar refractivity (Wildman–Crippen MR) is 68.3 cm³/mol. The molecule has 1 fully saturated rings. The van der Waals surface area contributed by atoms with E-state index in [1.807, 2.05) is 16.9 Å². The maximum Gasteiger partial charge on any atom is 0.270 e. The van der Waals surface area contributed by atoms with E-state index < -0.39 is 0 Å². The summed E-state index contributed by atoms with van der Waals surface area (Å²) in [6.45, 7) is 1.57. The number of rotatable bonds is 5. The molecule has 6 heteroatoms. The Morgan fingerprint density at radius 1 is 1.56 bits per heavy atom. The fourth-order valence-corrected chi connectivity index (χ4v) is 2.52. The third-order valence-corrected chi connectivity index (χ3v) is 3.89. The molecule has 2 aromatic heterocycles. The van der Waals surface area contributed by atoms with E-state index in [9.17, 15) is 4.79 Å². The van der Waals surface area contributed by atoms with E-state index in [4.69, 9.17) is 0 Å². The molecule has 0 aromatic carbocycles. The highest BCUT2D eigenvalue weighted by atomic mass is 32.1. The maximum atomic E-state index is 11.8. The van der Waals surface area contributed by atoms with Crippen LogP contribution in [-0.4, -0.2) is 27.2 Å². The highest BCUT2D eigenvalue weighted by Gasteiger charge is 2.43. The van der Waals surface area contributed by atoms with Crippen LogP contribution in [0, 0.1) is 5.41 Å². The lowest BCUT2D eigenvalue weighted by Gasteiger charge is -2.15. The first-order chi connectivity index (χ1) is 8.77. The smallest absolute Gasteiger partial charge is 0.270 e. The van der Waals surface area contributed by atoms with Crippen LogP contribution in [0.4, 0.5) is 0 Å². The van der Waals surface area contributed by atoms with Crippen LogP contribution in [0.3, 0.4) is 0 Å². The van der Waals surface area contributed by atoms with Gasteiger partial charge in [-0.2, -0.15) is 5.10 Å². The van der Waals surface area contributed by atoms with Crippen LogP contribution in [0.2, 0.25) is 0 Å². The normalized spacial score (nSPS) is 16.4. The molecule has 94 valence electrons. The largest absolute Gasteiger partial charge is 0.350 e. The van der Waals surface area contributed by atoms with E-state index in [0.717, 1.165) is 19.4 Å². The zero-order chi connectivity index (χ0) is 12.4. The molecule has 2 aromatic rings. The Kier molecular flexibility index (Phi) is 2.87. The maximum absolute atomic E-state index is 11.8. The molecule has 18 heavy (non-hydrogen) atoms. The standard InChI is InChI=1S/C12H14N4OS/c17-11(10-6-18-9-14-10)13-7-12(2-3-12)8-16-5-1-4-15-16/h1,4-6,9H,2-3,7-8H2,(H,13,17). The van der Waals surface area contributed by atoms with Crippen molar-refractivity contribution in [2.45, 2.75) is 19.4 Å². The average Bonchev–Trinajstić information content (AvgIpc) is 2.84. The Labute approximate surface area is 109 Å². The summed E-state index contributed by atoms with van der Waals surface area (Å²) < 4.78 is 1.93. The second-order valence-electron chi connectivity index (χ2n) is 4.76. The monoisotopic (exact) mass is 262 g/mol. The molecular formula is C12H14N4OS. The summed E-state index contributed by atoms with van der Waals surface area (Å²) >= 11 is 1.43. The fourth-order valence-electron chi connectivity index (χ4n) is 1.99. The van der Waals surface area contributed by atoms with Gasteiger partial charge in [0.1, 0.15) is 5.69 Å². The van der Waals surface area contributed by atoms with Crippen LogP contribution in [0.5, 0.6) is 0 Å². The van der Waals surface area contributed by atoms with Gasteiger partial charge in [0, 0.05) is 36.3 Å². The molecular weight excluding hydrogens is 248 g/mol. The van der Waals surface area contributed by atoms with Gasteiger partial charge in [0.15, 0.2) is 0 Å². The van der Waals surface area contributed by atoms with Crippen molar-refractivity contribution in [3.05, 3.63) is 35.0 Å². The van der Waals surface area contributed by atoms with Gasteiger partial charge in [-0.25, -0.2) is 4.98 Å². The third-order valence-electron chi connectivity index (χ3n) is 3.30. The van der Waals surface area contributed by atoms with Gasteiger partial charge in [0.25, 0.3) is 5.91 Å². The minimum atomic E-state index is -0.0806. The molecule has 0 spiro atoms. The SMILES string of the molecule is O=C(NCC1(Cn2cccn2)CC1)c1cscn1. The highest BCUT2D eigenvalue weighted by molar-refractivity contribution is 7.07. The molecule has 1 saturated carbocycles. The number of nitrogens with zero attached hydrogens (tertiary/aromatic N) is 3. The van der Waals surface area contributed by atoms with Crippen molar-refractivity contribution in [2.75, 3.05) is 6.54 Å². The molecule has 1 aliphatic carbocycles. The zero-order valence-electron chi connectivity index (χ0n) is 9.87. The van der Waals surface area contributed by atoms with Crippen molar-refractivity contribution in [1.82, 2.24) is 20.1 Å². The van der Waals surface area contributed by atoms with Gasteiger partial charge in [-0.05, 0) is 18.9 Å². The number of carbonyl (C=O) groups is 1. The molecule has 0 aliphatic heterocycles. The van der Waals surface area contributed by atoms with Crippen LogP contribution in [0.15, 0.2) is 29.4 Å². The number of thiazole rings is 1.